The van der Waals surface area contributed by atoms with E-state index in [1.807, 2.05) is 65.8 Å². The van der Waals surface area contributed by atoms with Gasteiger partial charge < -0.3 is 9.80 Å². The van der Waals surface area contributed by atoms with Crippen LogP contribution in [-0.4, -0.2) is 32.7 Å². The van der Waals surface area contributed by atoms with E-state index in [1.54, 1.807) is 34.1 Å². The minimum absolute atomic E-state index is 0.153. The van der Waals surface area contributed by atoms with Crippen LogP contribution in [0.2, 0.25) is 10.0 Å². The Balaban J connectivity index is 2.10. The lowest BCUT2D eigenvalue weighted by Gasteiger charge is -2.40. The Labute approximate surface area is 211 Å². The molecule has 0 unspecified atom stereocenters. The summed E-state index contributed by atoms with van der Waals surface area (Å²) < 4.78 is 0. The van der Waals surface area contributed by atoms with Crippen LogP contribution in [0.15, 0.2) is 59.7 Å². The van der Waals surface area contributed by atoms with Crippen molar-refractivity contribution in [3.8, 4) is 0 Å². The van der Waals surface area contributed by atoms with Crippen LogP contribution in [0, 0.1) is 0 Å². The fourth-order valence-electron chi connectivity index (χ4n) is 4.54. The minimum Gasteiger partial charge on any atom is -0.301 e. The molecule has 4 rings (SSSR count). The van der Waals surface area contributed by atoms with Gasteiger partial charge in [-0.1, -0.05) is 61.3 Å². The highest BCUT2D eigenvalue weighted by molar-refractivity contribution is 6.32. The highest BCUT2D eigenvalue weighted by Crippen LogP contribution is 2.51. The van der Waals surface area contributed by atoms with Gasteiger partial charge in [0.05, 0.1) is 22.5 Å². The molecule has 0 saturated carbocycles. The predicted octanol–water partition coefficient (Wildman–Crippen LogP) is 7.18. The smallest absolute Gasteiger partial charge is 0.261 e. The highest BCUT2D eigenvalue weighted by Gasteiger charge is 2.54. The lowest BCUT2D eigenvalue weighted by atomic mass is 9.95. The molecule has 2 aromatic rings. The molecule has 0 bridgehead atoms. The SMILES string of the molecule is CCC(C)(C)N1C(=O)C2=C(c3ccc(Cl)cc3)N(C(C)(C)CC)C(=O)C2=C1c1ccc(Cl)cc1. The van der Waals surface area contributed by atoms with Gasteiger partial charge >= 0.3 is 0 Å². The molecule has 0 aliphatic carbocycles. The molecule has 0 spiro atoms. The standard InChI is InChI=1S/C28H30Cl2N2O2/c1-7-27(3,4)31-23(17-9-13-19(29)14-10-17)21-22(25(31)33)24(18-11-15-20(30)16-12-18)32(26(21)34)28(5,6)8-2/h9-16H,7-8H2,1-6H3. The van der Waals surface area contributed by atoms with Crippen LogP contribution in [0.4, 0.5) is 0 Å². The van der Waals surface area contributed by atoms with Gasteiger partial charge in [-0.3, -0.25) is 9.59 Å². The molecular weight excluding hydrogens is 467 g/mol. The molecule has 0 radical (unpaired) electrons. The van der Waals surface area contributed by atoms with Crippen molar-refractivity contribution in [1.82, 2.24) is 9.80 Å². The van der Waals surface area contributed by atoms with E-state index < -0.39 is 11.1 Å². The number of hydrogen-bond donors (Lipinski definition) is 0. The van der Waals surface area contributed by atoms with Crippen molar-refractivity contribution in [1.29, 1.82) is 0 Å². The summed E-state index contributed by atoms with van der Waals surface area (Å²) in [6.45, 7) is 12.2. The van der Waals surface area contributed by atoms with Gasteiger partial charge in [0.15, 0.2) is 0 Å². The van der Waals surface area contributed by atoms with Crippen LogP contribution in [0.3, 0.4) is 0 Å². The lowest BCUT2D eigenvalue weighted by molar-refractivity contribution is -0.127. The largest absolute Gasteiger partial charge is 0.301 e. The van der Waals surface area contributed by atoms with E-state index in [0.29, 0.717) is 32.6 Å². The number of halogens is 2. The number of carbonyl (C=O) groups is 2. The van der Waals surface area contributed by atoms with Gasteiger partial charge in [0.25, 0.3) is 11.8 Å². The molecule has 0 fully saturated rings. The number of rotatable bonds is 6. The van der Waals surface area contributed by atoms with Gasteiger partial charge in [-0.25, -0.2) is 0 Å². The van der Waals surface area contributed by atoms with Gasteiger partial charge in [0.1, 0.15) is 0 Å². The van der Waals surface area contributed by atoms with E-state index >= 15 is 0 Å². The number of hydrogen-bond acceptors (Lipinski definition) is 2. The summed E-state index contributed by atoms with van der Waals surface area (Å²) >= 11 is 12.3. The second-order valence-corrected chi connectivity index (χ2v) is 10.9. The Morgan fingerprint density at radius 1 is 0.618 bits per heavy atom. The molecular formula is C28H30Cl2N2O2. The first-order valence-electron chi connectivity index (χ1n) is 11.6. The van der Waals surface area contributed by atoms with E-state index in [1.165, 1.54) is 0 Å². The van der Waals surface area contributed by atoms with Gasteiger partial charge in [0.2, 0.25) is 0 Å². The van der Waals surface area contributed by atoms with Crippen LogP contribution in [0.1, 0.15) is 65.5 Å². The summed E-state index contributed by atoms with van der Waals surface area (Å²) in [4.78, 5) is 32.0. The maximum Gasteiger partial charge on any atom is 0.261 e. The normalized spacial score (nSPS) is 16.8. The first-order chi connectivity index (χ1) is 15.9. The van der Waals surface area contributed by atoms with Crippen LogP contribution in [-0.2, 0) is 9.59 Å². The highest BCUT2D eigenvalue weighted by atomic mass is 35.5. The number of carbonyl (C=O) groups excluding carboxylic acids is 2. The fourth-order valence-corrected chi connectivity index (χ4v) is 4.79. The molecule has 0 aromatic heterocycles. The Morgan fingerprint density at radius 2 is 0.912 bits per heavy atom. The Kier molecular flexibility index (Phi) is 6.20. The summed E-state index contributed by atoms with van der Waals surface area (Å²) in [6, 6.07) is 14.7. The molecule has 2 aliphatic heterocycles. The van der Waals surface area contributed by atoms with Gasteiger partial charge in [0, 0.05) is 21.1 Å². The van der Waals surface area contributed by atoms with Crippen LogP contribution >= 0.6 is 23.2 Å². The Hall–Kier alpha value is -2.56. The molecule has 4 nitrogen and oxygen atoms in total. The van der Waals surface area contributed by atoms with Crippen LogP contribution < -0.4 is 0 Å². The third-order valence-electron chi connectivity index (χ3n) is 7.18. The fraction of sp³-hybridized carbons (Fsp3) is 0.357. The molecule has 2 amide bonds. The molecule has 0 N–H and O–H groups in total. The van der Waals surface area contributed by atoms with Gasteiger partial charge in [-0.2, -0.15) is 0 Å². The third kappa shape index (κ3) is 3.77. The average Bonchev–Trinajstić information content (AvgIpc) is 3.28. The Morgan fingerprint density at radius 3 is 1.18 bits per heavy atom. The predicted molar refractivity (Wildman–Crippen MR) is 139 cm³/mol. The van der Waals surface area contributed by atoms with Gasteiger partial charge in [-0.05, 0) is 75.9 Å². The molecule has 0 saturated heterocycles. The second-order valence-electron chi connectivity index (χ2n) is 10.1. The molecule has 2 aliphatic rings. The van der Waals surface area contributed by atoms with Crippen LogP contribution in [0.5, 0.6) is 0 Å². The molecule has 2 aromatic carbocycles. The van der Waals surface area contributed by atoms with Crippen molar-refractivity contribution in [2.45, 2.75) is 65.5 Å². The maximum atomic E-state index is 14.2. The average molecular weight is 497 g/mol. The number of amides is 2. The van der Waals surface area contributed by atoms with E-state index in [-0.39, 0.29) is 11.8 Å². The van der Waals surface area contributed by atoms with Crippen molar-refractivity contribution >= 4 is 46.4 Å². The van der Waals surface area contributed by atoms with Crippen molar-refractivity contribution in [3.63, 3.8) is 0 Å². The first kappa shape index (κ1) is 24.6. The summed E-state index contributed by atoms with van der Waals surface area (Å²) in [5, 5.41) is 1.20. The van der Waals surface area contributed by atoms with Gasteiger partial charge in [-0.15, -0.1) is 0 Å². The van der Waals surface area contributed by atoms with Crippen LogP contribution in [0.25, 0.3) is 11.4 Å². The van der Waals surface area contributed by atoms with E-state index in [4.69, 9.17) is 23.2 Å². The van der Waals surface area contributed by atoms with Crippen molar-refractivity contribution in [2.24, 2.45) is 0 Å². The zero-order chi connectivity index (χ0) is 25.0. The Bertz CT molecular complexity index is 1120. The van der Waals surface area contributed by atoms with E-state index in [9.17, 15) is 9.59 Å². The van der Waals surface area contributed by atoms with Crippen molar-refractivity contribution in [3.05, 3.63) is 80.8 Å². The zero-order valence-electron chi connectivity index (χ0n) is 20.5. The number of benzene rings is 2. The minimum atomic E-state index is -0.493. The molecule has 0 atom stereocenters. The van der Waals surface area contributed by atoms with E-state index in [2.05, 4.69) is 0 Å². The first-order valence-corrected chi connectivity index (χ1v) is 12.4. The molecule has 6 heteroatoms. The van der Waals surface area contributed by atoms with Crippen molar-refractivity contribution in [2.75, 3.05) is 0 Å². The zero-order valence-corrected chi connectivity index (χ0v) is 22.0. The number of nitrogens with zero attached hydrogens (tertiary/aromatic N) is 2. The second kappa shape index (κ2) is 8.58. The quantitative estimate of drug-likeness (QED) is 0.424. The summed E-state index contributed by atoms with van der Waals surface area (Å²) in [5.41, 5.74) is 2.82. The van der Waals surface area contributed by atoms with E-state index in [0.717, 1.165) is 24.0 Å². The van der Waals surface area contributed by atoms with Crippen molar-refractivity contribution < 1.29 is 9.59 Å². The maximum absolute atomic E-state index is 14.2. The lowest BCUT2D eigenvalue weighted by Crippen LogP contribution is -2.46. The monoisotopic (exact) mass is 496 g/mol. The summed E-state index contributed by atoms with van der Waals surface area (Å²) in [6.07, 6.45) is 1.45. The number of fused-ring (bicyclic) bond motifs is 1. The molecule has 2 heterocycles. The summed E-state index contributed by atoms with van der Waals surface area (Å²) in [5.74, 6) is -0.306. The molecule has 178 valence electrons. The third-order valence-corrected chi connectivity index (χ3v) is 7.69. The molecule has 34 heavy (non-hydrogen) atoms. The topological polar surface area (TPSA) is 40.6 Å². The summed E-state index contributed by atoms with van der Waals surface area (Å²) in [7, 11) is 0.